The van der Waals surface area contributed by atoms with Crippen molar-refractivity contribution < 1.29 is 19.1 Å². The summed E-state index contributed by atoms with van der Waals surface area (Å²) in [5.41, 5.74) is -0.845. The second-order valence-corrected chi connectivity index (χ2v) is 6.94. The number of hydrogen-bond donors (Lipinski definition) is 0. The van der Waals surface area contributed by atoms with E-state index < -0.39 is 11.7 Å². The first-order valence-electron chi connectivity index (χ1n) is 6.97. The maximum atomic E-state index is 12.3. The van der Waals surface area contributed by atoms with Crippen molar-refractivity contribution in [2.45, 2.75) is 59.1 Å². The zero-order valence-corrected chi connectivity index (χ0v) is 13.9. The quantitative estimate of drug-likeness (QED) is 0.455. The Kier molecular flexibility index (Phi) is 5.56. The van der Waals surface area contributed by atoms with Crippen LogP contribution < -0.4 is 0 Å². The van der Waals surface area contributed by atoms with E-state index in [1.807, 2.05) is 13.8 Å². The summed E-state index contributed by atoms with van der Waals surface area (Å²) in [6.45, 7) is 9.22. The largest absolute Gasteiger partial charge is 0.443 e. The van der Waals surface area contributed by atoms with Gasteiger partial charge < -0.3 is 4.74 Å². The molecule has 1 amide bonds. The molecule has 6 heteroatoms. The van der Waals surface area contributed by atoms with Gasteiger partial charge in [0.05, 0.1) is 5.57 Å². The van der Waals surface area contributed by atoms with E-state index in [0.717, 1.165) is 0 Å². The van der Waals surface area contributed by atoms with Gasteiger partial charge in [0.1, 0.15) is 10.8 Å². The van der Waals surface area contributed by atoms with Gasteiger partial charge in [-0.25, -0.2) is 4.79 Å². The Morgan fingerprint density at radius 1 is 1.48 bits per heavy atom. The van der Waals surface area contributed by atoms with Crippen LogP contribution >= 0.6 is 11.6 Å². The summed E-state index contributed by atoms with van der Waals surface area (Å²) in [5, 5.41) is -0.138. The summed E-state index contributed by atoms with van der Waals surface area (Å²) in [4.78, 5) is 36.5. The van der Waals surface area contributed by atoms with Gasteiger partial charge >= 0.3 is 6.09 Å². The number of aldehydes is 1. The molecule has 0 saturated carbocycles. The van der Waals surface area contributed by atoms with Crippen LogP contribution in [0.3, 0.4) is 0 Å². The van der Waals surface area contributed by atoms with Crippen molar-refractivity contribution in [2.75, 3.05) is 0 Å². The molecule has 0 fully saturated rings. The minimum atomic E-state index is -0.681. The molecule has 0 N–H and O–H groups in total. The molecule has 0 bridgehead atoms. The molecule has 0 spiro atoms. The van der Waals surface area contributed by atoms with Gasteiger partial charge in [0.2, 0.25) is 0 Å². The van der Waals surface area contributed by atoms with Crippen LogP contribution in [0, 0.1) is 5.92 Å². The molecule has 21 heavy (non-hydrogen) atoms. The predicted molar refractivity (Wildman–Crippen MR) is 79.9 cm³/mol. The molecule has 0 saturated heterocycles. The fourth-order valence-corrected chi connectivity index (χ4v) is 2.56. The fourth-order valence-electron chi connectivity index (χ4n) is 2.21. The third-order valence-electron chi connectivity index (χ3n) is 2.97. The van der Waals surface area contributed by atoms with E-state index in [2.05, 4.69) is 0 Å². The van der Waals surface area contributed by atoms with Crippen molar-refractivity contribution >= 4 is 29.8 Å². The van der Waals surface area contributed by atoms with E-state index in [0.29, 0.717) is 12.7 Å². The van der Waals surface area contributed by atoms with Gasteiger partial charge in [-0.3, -0.25) is 14.5 Å². The normalized spacial score (nSPS) is 20.0. The number of carbonyl (C=O) groups is 3. The van der Waals surface area contributed by atoms with E-state index in [1.54, 1.807) is 20.8 Å². The third kappa shape index (κ3) is 4.56. The van der Waals surface area contributed by atoms with E-state index in [-0.39, 0.29) is 34.9 Å². The second-order valence-electron chi connectivity index (χ2n) is 6.58. The number of halogens is 1. The summed E-state index contributed by atoms with van der Waals surface area (Å²) in [7, 11) is 0. The average Bonchev–Trinajstić information content (AvgIpc) is 2.25. The molecule has 1 atom stereocenters. The zero-order chi connectivity index (χ0) is 16.4. The number of carbonyl (C=O) groups excluding carboxylic acids is 3. The van der Waals surface area contributed by atoms with Gasteiger partial charge in [-0.05, 0) is 33.1 Å². The van der Waals surface area contributed by atoms with Crippen LogP contribution in [0.25, 0.3) is 0 Å². The number of Topliss-reactive ketones (excluding diaryl/α,β-unsaturated/α-hetero) is 1. The number of ketones is 1. The van der Waals surface area contributed by atoms with Crippen molar-refractivity contribution in [1.82, 2.24) is 4.90 Å². The number of amides is 1. The highest BCUT2D eigenvalue weighted by Crippen LogP contribution is 2.31. The summed E-state index contributed by atoms with van der Waals surface area (Å²) in [5.74, 6) is -0.0598. The van der Waals surface area contributed by atoms with E-state index >= 15 is 0 Å². The summed E-state index contributed by atoms with van der Waals surface area (Å²) in [6.07, 6.45) is 0.452. The molecule has 1 aliphatic rings. The number of allylic oxidation sites excluding steroid dienone is 1. The van der Waals surface area contributed by atoms with E-state index in [4.69, 9.17) is 16.3 Å². The molecular formula is C15H22ClNO4. The lowest BCUT2D eigenvalue weighted by molar-refractivity contribution is -0.119. The third-order valence-corrected chi connectivity index (χ3v) is 3.36. The average molecular weight is 316 g/mol. The SMILES string of the molecule is CC(C)CC1CC(=O)C(C=O)=C(Cl)N1C(=O)OC(C)(C)C. The standard InChI is InChI=1S/C15H22ClNO4/c1-9(2)6-10-7-12(19)11(8-18)13(16)17(10)14(20)21-15(3,4)5/h8-10H,6-7H2,1-5H3. The number of hydrogen-bond acceptors (Lipinski definition) is 4. The first-order chi connectivity index (χ1) is 9.56. The second kappa shape index (κ2) is 6.60. The van der Waals surface area contributed by atoms with Crippen LogP contribution in [0.15, 0.2) is 10.7 Å². The fraction of sp³-hybridized carbons (Fsp3) is 0.667. The molecule has 0 aliphatic carbocycles. The van der Waals surface area contributed by atoms with Crippen LogP contribution in [0.5, 0.6) is 0 Å². The van der Waals surface area contributed by atoms with Crippen LogP contribution in [-0.2, 0) is 14.3 Å². The van der Waals surface area contributed by atoms with Crippen molar-refractivity contribution in [3.8, 4) is 0 Å². The highest BCUT2D eigenvalue weighted by atomic mass is 35.5. The van der Waals surface area contributed by atoms with Gasteiger partial charge in [0, 0.05) is 12.5 Å². The van der Waals surface area contributed by atoms with Crippen molar-refractivity contribution in [3.63, 3.8) is 0 Å². The molecule has 118 valence electrons. The molecule has 1 unspecified atom stereocenters. The van der Waals surface area contributed by atoms with Gasteiger partial charge in [0.15, 0.2) is 12.1 Å². The Balaban J connectivity index is 3.16. The van der Waals surface area contributed by atoms with E-state index in [9.17, 15) is 14.4 Å². The van der Waals surface area contributed by atoms with Crippen molar-refractivity contribution in [1.29, 1.82) is 0 Å². The van der Waals surface area contributed by atoms with Crippen LogP contribution in [0.2, 0.25) is 0 Å². The molecule has 5 nitrogen and oxygen atoms in total. The Morgan fingerprint density at radius 3 is 2.48 bits per heavy atom. The maximum absolute atomic E-state index is 12.3. The molecule has 0 aromatic carbocycles. The van der Waals surface area contributed by atoms with Crippen LogP contribution in [0.1, 0.15) is 47.5 Å². The first-order valence-corrected chi connectivity index (χ1v) is 7.35. The lowest BCUT2D eigenvalue weighted by Gasteiger charge is -2.36. The molecule has 0 radical (unpaired) electrons. The monoisotopic (exact) mass is 315 g/mol. The molecule has 1 rings (SSSR count). The van der Waals surface area contributed by atoms with Gasteiger partial charge in [-0.15, -0.1) is 0 Å². The Labute approximate surface area is 130 Å². The molecule has 1 heterocycles. The Bertz CT molecular complexity index is 477. The van der Waals surface area contributed by atoms with Crippen molar-refractivity contribution in [2.24, 2.45) is 5.92 Å². The molecule has 0 aromatic rings. The lowest BCUT2D eigenvalue weighted by atomic mass is 9.93. The summed E-state index contributed by atoms with van der Waals surface area (Å²) < 4.78 is 5.33. The summed E-state index contributed by atoms with van der Waals surface area (Å²) >= 11 is 6.10. The van der Waals surface area contributed by atoms with Gasteiger partial charge in [-0.1, -0.05) is 25.4 Å². The Hall–Kier alpha value is -1.36. The smallest absolute Gasteiger partial charge is 0.415 e. The van der Waals surface area contributed by atoms with E-state index in [1.165, 1.54) is 4.90 Å². The van der Waals surface area contributed by atoms with Gasteiger partial charge in [0.25, 0.3) is 0 Å². The minimum Gasteiger partial charge on any atom is -0.443 e. The van der Waals surface area contributed by atoms with Crippen LogP contribution in [0.4, 0.5) is 4.79 Å². The number of ether oxygens (including phenoxy) is 1. The van der Waals surface area contributed by atoms with Crippen molar-refractivity contribution in [3.05, 3.63) is 10.7 Å². The maximum Gasteiger partial charge on any atom is 0.415 e. The number of nitrogens with zero attached hydrogens (tertiary/aromatic N) is 1. The minimum absolute atomic E-state index is 0.0850. The molecule has 1 aliphatic heterocycles. The molecular weight excluding hydrogens is 294 g/mol. The summed E-state index contributed by atoms with van der Waals surface area (Å²) in [6, 6.07) is -0.386. The molecule has 0 aromatic heterocycles. The van der Waals surface area contributed by atoms with Crippen LogP contribution in [-0.4, -0.2) is 34.7 Å². The first kappa shape index (κ1) is 17.7. The highest BCUT2D eigenvalue weighted by molar-refractivity contribution is 6.36. The lowest BCUT2D eigenvalue weighted by Crippen LogP contribution is -2.46. The number of rotatable bonds is 3. The highest BCUT2D eigenvalue weighted by Gasteiger charge is 2.38. The van der Waals surface area contributed by atoms with Gasteiger partial charge in [-0.2, -0.15) is 0 Å². The zero-order valence-electron chi connectivity index (χ0n) is 13.1. The predicted octanol–water partition coefficient (Wildman–Crippen LogP) is 3.26. The Morgan fingerprint density at radius 2 is 2.05 bits per heavy atom. The topological polar surface area (TPSA) is 63.7 Å².